The molecule has 0 bridgehead atoms. The summed E-state index contributed by atoms with van der Waals surface area (Å²) in [7, 11) is 0. The second-order valence-electron chi connectivity index (χ2n) is 3.76. The van der Waals surface area contributed by atoms with E-state index in [1.807, 2.05) is 0 Å². The minimum atomic E-state index is -0.952. The highest BCUT2D eigenvalue weighted by Gasteiger charge is 2.33. The van der Waals surface area contributed by atoms with Crippen molar-refractivity contribution in [2.24, 2.45) is 10.2 Å². The van der Waals surface area contributed by atoms with Crippen LogP contribution in [0.3, 0.4) is 0 Å². The van der Waals surface area contributed by atoms with Crippen LogP contribution in [0.25, 0.3) is 0 Å². The summed E-state index contributed by atoms with van der Waals surface area (Å²) in [5.74, 6) is -0.783. The molecule has 1 aliphatic rings. The number of carbonyl (C=O) groups is 2. The number of hydrogen-bond acceptors (Lipinski definition) is 5. The van der Waals surface area contributed by atoms with Crippen LogP contribution in [0.15, 0.2) is 34.7 Å². The van der Waals surface area contributed by atoms with Crippen LogP contribution < -0.4 is 5.32 Å². The molecule has 1 N–H and O–H groups in total. The summed E-state index contributed by atoms with van der Waals surface area (Å²) in [4.78, 5) is 22.5. The van der Waals surface area contributed by atoms with Crippen molar-refractivity contribution in [3.05, 3.63) is 24.4 Å². The monoisotopic (exact) mass is 237 g/mol. The molecule has 0 fully saturated rings. The molecule has 6 nitrogen and oxygen atoms in total. The molecule has 1 unspecified atom stereocenters. The fourth-order valence-electron chi connectivity index (χ4n) is 1.31. The van der Waals surface area contributed by atoms with Gasteiger partial charge in [0.1, 0.15) is 6.61 Å². The van der Waals surface area contributed by atoms with Gasteiger partial charge in [0.15, 0.2) is 5.54 Å². The Morgan fingerprint density at radius 3 is 2.88 bits per heavy atom. The van der Waals surface area contributed by atoms with Crippen LogP contribution in [0.1, 0.15) is 13.8 Å². The number of hydrogen-bond donors (Lipinski definition) is 1. The lowest BCUT2D eigenvalue weighted by Crippen LogP contribution is -2.42. The fourth-order valence-corrected chi connectivity index (χ4v) is 1.31. The Kier molecular flexibility index (Phi) is 4.14. The third-order valence-corrected chi connectivity index (χ3v) is 2.16. The predicted molar refractivity (Wildman–Crippen MR) is 61.2 cm³/mol. The highest BCUT2D eigenvalue weighted by atomic mass is 16.5. The Morgan fingerprint density at radius 2 is 2.35 bits per heavy atom. The standard InChI is InChI=1S/C11H15N3O3/c1-4-9(15)17-6-5-12-10(16)11(3)7-8(2)13-14-11/h4,7H,1,5-6H2,2-3H3,(H,12,16). The number of amides is 1. The fraction of sp³-hybridized carbons (Fsp3) is 0.455. The van der Waals surface area contributed by atoms with Gasteiger partial charge in [-0.15, -0.1) is 0 Å². The molecule has 6 heteroatoms. The maximum atomic E-state index is 11.8. The van der Waals surface area contributed by atoms with Gasteiger partial charge >= 0.3 is 5.97 Å². The third kappa shape index (κ3) is 3.51. The number of nitrogens with zero attached hydrogens (tertiary/aromatic N) is 2. The number of ether oxygens (including phenoxy) is 1. The van der Waals surface area contributed by atoms with E-state index in [1.165, 1.54) is 0 Å². The molecule has 0 spiro atoms. The molecule has 0 saturated carbocycles. The van der Waals surface area contributed by atoms with Crippen molar-refractivity contribution in [3.8, 4) is 0 Å². The molecule has 0 radical (unpaired) electrons. The Hall–Kier alpha value is -1.98. The zero-order valence-corrected chi connectivity index (χ0v) is 9.90. The average Bonchev–Trinajstić information content (AvgIpc) is 2.65. The lowest BCUT2D eigenvalue weighted by molar-refractivity contribution is -0.138. The molecule has 0 aliphatic carbocycles. The number of nitrogens with one attached hydrogen (secondary N) is 1. The first kappa shape index (κ1) is 13.1. The maximum absolute atomic E-state index is 11.8. The first-order valence-corrected chi connectivity index (χ1v) is 5.18. The van der Waals surface area contributed by atoms with Crippen molar-refractivity contribution < 1.29 is 14.3 Å². The summed E-state index contributed by atoms with van der Waals surface area (Å²) >= 11 is 0. The van der Waals surface area contributed by atoms with Crippen molar-refractivity contribution in [2.75, 3.05) is 13.2 Å². The highest BCUT2D eigenvalue weighted by molar-refractivity contribution is 5.88. The number of allylic oxidation sites excluding steroid dienone is 1. The zero-order chi connectivity index (χ0) is 12.9. The van der Waals surface area contributed by atoms with E-state index >= 15 is 0 Å². The lowest BCUT2D eigenvalue weighted by atomic mass is 10.0. The molecule has 1 amide bonds. The molecule has 17 heavy (non-hydrogen) atoms. The minimum Gasteiger partial charge on any atom is -0.461 e. The van der Waals surface area contributed by atoms with E-state index in [0.717, 1.165) is 6.08 Å². The second-order valence-corrected chi connectivity index (χ2v) is 3.76. The van der Waals surface area contributed by atoms with Crippen LogP contribution in [-0.2, 0) is 14.3 Å². The third-order valence-electron chi connectivity index (χ3n) is 2.16. The SMILES string of the molecule is C=CC(=O)OCCNC(=O)C1(C)C=C(C)N=N1. The minimum absolute atomic E-state index is 0.104. The van der Waals surface area contributed by atoms with Gasteiger partial charge in [-0.2, -0.15) is 10.2 Å². The summed E-state index contributed by atoms with van der Waals surface area (Å²) < 4.78 is 4.72. The number of carbonyl (C=O) groups excluding carboxylic acids is 2. The van der Waals surface area contributed by atoms with E-state index in [4.69, 9.17) is 4.74 Å². The van der Waals surface area contributed by atoms with E-state index in [0.29, 0.717) is 5.70 Å². The Morgan fingerprint density at radius 1 is 1.65 bits per heavy atom. The van der Waals surface area contributed by atoms with Gasteiger partial charge in [0, 0.05) is 6.08 Å². The molecule has 1 heterocycles. The van der Waals surface area contributed by atoms with Crippen molar-refractivity contribution in [2.45, 2.75) is 19.4 Å². The van der Waals surface area contributed by atoms with Crippen LogP contribution in [0.2, 0.25) is 0 Å². The molecule has 0 aromatic heterocycles. The van der Waals surface area contributed by atoms with Crippen LogP contribution in [0.4, 0.5) is 0 Å². The van der Waals surface area contributed by atoms with Gasteiger partial charge in [-0.25, -0.2) is 4.79 Å². The number of rotatable bonds is 5. The zero-order valence-electron chi connectivity index (χ0n) is 9.90. The van der Waals surface area contributed by atoms with Crippen molar-refractivity contribution in [3.63, 3.8) is 0 Å². The Balaban J connectivity index is 2.34. The van der Waals surface area contributed by atoms with Gasteiger partial charge < -0.3 is 10.1 Å². The Bertz CT molecular complexity index is 401. The van der Waals surface area contributed by atoms with Crippen LogP contribution in [0, 0.1) is 0 Å². The first-order chi connectivity index (χ1) is 7.98. The van der Waals surface area contributed by atoms with Crippen LogP contribution >= 0.6 is 0 Å². The van der Waals surface area contributed by atoms with E-state index < -0.39 is 11.5 Å². The smallest absolute Gasteiger partial charge is 0.330 e. The molecule has 1 aliphatic heterocycles. The summed E-state index contributed by atoms with van der Waals surface area (Å²) in [6.07, 6.45) is 2.75. The molecule has 92 valence electrons. The molecular weight excluding hydrogens is 222 g/mol. The van der Waals surface area contributed by atoms with Gasteiger partial charge in [0.05, 0.1) is 12.2 Å². The van der Waals surface area contributed by atoms with Crippen LogP contribution in [0.5, 0.6) is 0 Å². The number of azo groups is 1. The molecule has 0 aromatic carbocycles. The molecule has 0 saturated heterocycles. The van der Waals surface area contributed by atoms with Crippen molar-refractivity contribution in [1.29, 1.82) is 0 Å². The second kappa shape index (κ2) is 5.38. The molecule has 0 aromatic rings. The van der Waals surface area contributed by atoms with Gasteiger partial charge in [0.2, 0.25) is 0 Å². The first-order valence-electron chi connectivity index (χ1n) is 5.18. The summed E-state index contributed by atoms with van der Waals surface area (Å²) in [5, 5.41) is 10.3. The van der Waals surface area contributed by atoms with Crippen LogP contribution in [-0.4, -0.2) is 30.6 Å². The van der Waals surface area contributed by atoms with E-state index in [1.54, 1.807) is 19.9 Å². The van der Waals surface area contributed by atoms with Crippen molar-refractivity contribution in [1.82, 2.24) is 5.32 Å². The lowest BCUT2D eigenvalue weighted by Gasteiger charge is -2.15. The number of esters is 1. The highest BCUT2D eigenvalue weighted by Crippen LogP contribution is 2.23. The average molecular weight is 237 g/mol. The van der Waals surface area contributed by atoms with Gasteiger partial charge in [0.25, 0.3) is 5.91 Å². The van der Waals surface area contributed by atoms with Crippen molar-refractivity contribution >= 4 is 11.9 Å². The quantitative estimate of drug-likeness (QED) is 0.439. The normalized spacial score (nSPS) is 21.9. The molecular formula is C11H15N3O3. The predicted octanol–water partition coefficient (Wildman–Crippen LogP) is 0.960. The summed E-state index contributed by atoms with van der Waals surface area (Å²) in [5.41, 5.74) is -0.243. The maximum Gasteiger partial charge on any atom is 0.330 e. The topological polar surface area (TPSA) is 80.1 Å². The largest absolute Gasteiger partial charge is 0.461 e. The summed E-state index contributed by atoms with van der Waals surface area (Å²) in [6, 6.07) is 0. The van der Waals surface area contributed by atoms with Gasteiger partial charge in [-0.3, -0.25) is 4.79 Å². The van der Waals surface area contributed by atoms with Gasteiger partial charge in [-0.05, 0) is 19.9 Å². The van der Waals surface area contributed by atoms with E-state index in [2.05, 4.69) is 22.1 Å². The molecule has 1 atom stereocenters. The van der Waals surface area contributed by atoms with E-state index in [-0.39, 0.29) is 19.1 Å². The van der Waals surface area contributed by atoms with Gasteiger partial charge in [-0.1, -0.05) is 6.58 Å². The van der Waals surface area contributed by atoms with E-state index in [9.17, 15) is 9.59 Å². The molecule has 1 rings (SSSR count). The summed E-state index contributed by atoms with van der Waals surface area (Å²) in [6.45, 7) is 7.03. The Labute approximate surface area is 99.4 Å².